The summed E-state index contributed by atoms with van der Waals surface area (Å²) in [6.07, 6.45) is 2.00. The molecule has 0 N–H and O–H groups in total. The molecule has 32 heavy (non-hydrogen) atoms. The summed E-state index contributed by atoms with van der Waals surface area (Å²) < 4.78 is 6.61. The van der Waals surface area contributed by atoms with Gasteiger partial charge in [-0.05, 0) is 86.4 Å². The molecule has 2 nitrogen and oxygen atoms in total. The minimum Gasteiger partial charge on any atom is -0.439 e. The lowest BCUT2D eigenvalue weighted by molar-refractivity contribution is 0.589. The first kappa shape index (κ1) is 20.9. The van der Waals surface area contributed by atoms with Crippen molar-refractivity contribution in [1.29, 1.82) is 0 Å². The van der Waals surface area contributed by atoms with Gasteiger partial charge in [-0.25, -0.2) is 0 Å². The van der Waals surface area contributed by atoms with Crippen molar-refractivity contribution in [2.75, 3.05) is 4.90 Å². The number of hydrogen-bond donors (Lipinski definition) is 0. The Morgan fingerprint density at radius 2 is 1.44 bits per heavy atom. The smallest absolute Gasteiger partial charge is 0.209 e. The Balaban J connectivity index is 1.83. The van der Waals surface area contributed by atoms with Crippen LogP contribution in [-0.4, -0.2) is 0 Å². The van der Waals surface area contributed by atoms with Crippen LogP contribution in [0.5, 0.6) is 0 Å². The Bertz CT molecular complexity index is 1330. The maximum Gasteiger partial charge on any atom is 0.209 e. The predicted molar refractivity (Wildman–Crippen MR) is 136 cm³/mol. The Hall–Kier alpha value is -3.00. The van der Waals surface area contributed by atoms with Gasteiger partial charge in [0, 0.05) is 10.9 Å². The number of benzene rings is 3. The van der Waals surface area contributed by atoms with Crippen molar-refractivity contribution < 1.29 is 4.42 Å². The van der Waals surface area contributed by atoms with Crippen LogP contribution in [0.2, 0.25) is 0 Å². The second-order valence-corrected chi connectivity index (χ2v) is 10.6. The van der Waals surface area contributed by atoms with Gasteiger partial charge in [0.05, 0.1) is 11.4 Å². The third-order valence-electron chi connectivity index (χ3n) is 6.83. The van der Waals surface area contributed by atoms with Crippen LogP contribution < -0.4 is 4.90 Å². The molecule has 1 aliphatic heterocycles. The average Bonchev–Trinajstić information content (AvgIpc) is 2.98. The van der Waals surface area contributed by atoms with E-state index in [1.807, 2.05) is 0 Å². The van der Waals surface area contributed by atoms with Gasteiger partial charge in [0.2, 0.25) is 5.88 Å². The fourth-order valence-corrected chi connectivity index (χ4v) is 5.14. The van der Waals surface area contributed by atoms with Crippen LogP contribution in [-0.2, 0) is 18.3 Å². The third kappa shape index (κ3) is 3.33. The van der Waals surface area contributed by atoms with Crippen molar-refractivity contribution >= 4 is 28.2 Å². The molecular formula is C30H33NO. The van der Waals surface area contributed by atoms with Gasteiger partial charge in [0.15, 0.2) is 0 Å². The van der Waals surface area contributed by atoms with E-state index in [1.165, 1.54) is 55.7 Å². The van der Waals surface area contributed by atoms with E-state index >= 15 is 0 Å². The number of aryl methyl sites for hydroxylation is 6. The van der Waals surface area contributed by atoms with Crippen molar-refractivity contribution in [1.82, 2.24) is 0 Å². The Kier molecular flexibility index (Phi) is 4.74. The molecule has 0 spiro atoms. The summed E-state index contributed by atoms with van der Waals surface area (Å²) in [6.45, 7) is 15.7. The normalized spacial score (nSPS) is 13.8. The van der Waals surface area contributed by atoms with E-state index in [-0.39, 0.29) is 5.41 Å². The quantitative estimate of drug-likeness (QED) is 0.305. The zero-order chi connectivity index (χ0) is 22.8. The molecule has 0 fully saturated rings. The van der Waals surface area contributed by atoms with Crippen LogP contribution in [0.15, 0.2) is 52.9 Å². The molecule has 0 aliphatic carbocycles. The molecule has 4 aromatic rings. The van der Waals surface area contributed by atoms with E-state index in [0.717, 1.165) is 24.3 Å². The Morgan fingerprint density at radius 1 is 0.781 bits per heavy atom. The number of hydrogen-bond acceptors (Lipinski definition) is 2. The SMILES string of the molecule is Cc1ccc2c(c1)CCc1c(oc3ccc(C)cc13)N2c1c(C)cc(C(C)(C)C)cc1C. The highest BCUT2D eigenvalue weighted by atomic mass is 16.4. The Morgan fingerprint density at radius 3 is 2.12 bits per heavy atom. The number of anilines is 3. The van der Waals surface area contributed by atoms with E-state index in [0.29, 0.717) is 0 Å². The molecule has 0 unspecified atom stereocenters. The molecule has 0 bridgehead atoms. The van der Waals surface area contributed by atoms with Crippen LogP contribution in [0, 0.1) is 27.7 Å². The van der Waals surface area contributed by atoms with E-state index < -0.39 is 0 Å². The van der Waals surface area contributed by atoms with Gasteiger partial charge >= 0.3 is 0 Å². The molecule has 2 heteroatoms. The first-order valence-corrected chi connectivity index (χ1v) is 11.7. The van der Waals surface area contributed by atoms with Crippen molar-refractivity contribution in [2.45, 2.75) is 66.7 Å². The summed E-state index contributed by atoms with van der Waals surface area (Å²) in [6, 6.07) is 18.1. The number of fused-ring (bicyclic) bond motifs is 4. The molecule has 0 saturated heterocycles. The van der Waals surface area contributed by atoms with Gasteiger partial charge in [-0.1, -0.05) is 62.2 Å². The van der Waals surface area contributed by atoms with Gasteiger partial charge in [0.25, 0.3) is 0 Å². The summed E-state index contributed by atoms with van der Waals surface area (Å²) in [5, 5.41) is 1.25. The molecule has 0 saturated carbocycles. The molecule has 2 heterocycles. The second-order valence-electron chi connectivity index (χ2n) is 10.6. The van der Waals surface area contributed by atoms with E-state index in [1.54, 1.807) is 0 Å². The lowest BCUT2D eigenvalue weighted by Crippen LogP contribution is -2.17. The number of furan rings is 1. The average molecular weight is 424 g/mol. The van der Waals surface area contributed by atoms with Crippen LogP contribution in [0.25, 0.3) is 11.0 Å². The van der Waals surface area contributed by atoms with Crippen molar-refractivity contribution in [3.05, 3.63) is 87.5 Å². The highest BCUT2D eigenvalue weighted by molar-refractivity contribution is 5.92. The molecule has 0 atom stereocenters. The summed E-state index contributed by atoms with van der Waals surface area (Å²) >= 11 is 0. The van der Waals surface area contributed by atoms with Crippen molar-refractivity contribution in [3.8, 4) is 0 Å². The van der Waals surface area contributed by atoms with Crippen LogP contribution in [0.4, 0.5) is 17.3 Å². The maximum atomic E-state index is 6.61. The second kappa shape index (κ2) is 7.27. The largest absolute Gasteiger partial charge is 0.439 e. The monoisotopic (exact) mass is 423 g/mol. The van der Waals surface area contributed by atoms with Crippen molar-refractivity contribution in [2.24, 2.45) is 0 Å². The van der Waals surface area contributed by atoms with Crippen LogP contribution in [0.1, 0.15) is 59.7 Å². The topological polar surface area (TPSA) is 16.4 Å². The highest BCUT2D eigenvalue weighted by Gasteiger charge is 2.30. The van der Waals surface area contributed by atoms with E-state index in [2.05, 4.69) is 102 Å². The maximum absolute atomic E-state index is 6.61. The fraction of sp³-hybridized carbons (Fsp3) is 0.333. The molecule has 3 aromatic carbocycles. The molecule has 5 rings (SSSR count). The summed E-state index contributed by atoms with van der Waals surface area (Å²) in [7, 11) is 0. The van der Waals surface area contributed by atoms with Gasteiger partial charge in [-0.15, -0.1) is 0 Å². The minimum atomic E-state index is 0.115. The lowest BCUT2D eigenvalue weighted by Gasteiger charge is -2.30. The summed E-state index contributed by atoms with van der Waals surface area (Å²) in [5.41, 5.74) is 12.8. The summed E-state index contributed by atoms with van der Waals surface area (Å²) in [5.74, 6) is 0.975. The molecule has 1 aliphatic rings. The fourth-order valence-electron chi connectivity index (χ4n) is 5.14. The zero-order valence-corrected chi connectivity index (χ0v) is 20.4. The van der Waals surface area contributed by atoms with Gasteiger partial charge in [-0.2, -0.15) is 0 Å². The van der Waals surface area contributed by atoms with Crippen LogP contribution in [0.3, 0.4) is 0 Å². The molecule has 0 radical (unpaired) electrons. The van der Waals surface area contributed by atoms with Gasteiger partial charge in [-0.3, -0.25) is 4.90 Å². The van der Waals surface area contributed by atoms with Gasteiger partial charge < -0.3 is 4.42 Å². The molecular weight excluding hydrogens is 390 g/mol. The van der Waals surface area contributed by atoms with Crippen LogP contribution >= 0.6 is 0 Å². The first-order valence-electron chi connectivity index (χ1n) is 11.7. The van der Waals surface area contributed by atoms with Gasteiger partial charge in [0.1, 0.15) is 5.58 Å². The third-order valence-corrected chi connectivity index (χ3v) is 6.83. The molecule has 0 amide bonds. The van der Waals surface area contributed by atoms with Crippen molar-refractivity contribution in [3.63, 3.8) is 0 Å². The minimum absolute atomic E-state index is 0.115. The number of nitrogens with zero attached hydrogens (tertiary/aromatic N) is 1. The highest BCUT2D eigenvalue weighted by Crippen LogP contribution is 2.48. The molecule has 1 aromatic heterocycles. The van der Waals surface area contributed by atoms with E-state index in [4.69, 9.17) is 4.42 Å². The Labute approximate surface area is 191 Å². The number of rotatable bonds is 1. The predicted octanol–water partition coefficient (Wildman–Crippen LogP) is 8.53. The zero-order valence-electron chi connectivity index (χ0n) is 20.4. The molecule has 164 valence electrons. The lowest BCUT2D eigenvalue weighted by atomic mass is 9.84. The summed E-state index contributed by atoms with van der Waals surface area (Å²) in [4.78, 5) is 2.39. The van der Waals surface area contributed by atoms with E-state index in [9.17, 15) is 0 Å². The standard InChI is InChI=1S/C30H33NO/c1-18-8-12-26-22(14-18)10-11-24-25-15-19(2)9-13-27(25)32-29(24)31(26)28-20(3)16-23(17-21(28)4)30(5,6)7/h8-9,12-17H,10-11H2,1-7H3. The first-order chi connectivity index (χ1) is 15.1.